The maximum atomic E-state index is 12.9. The Kier molecular flexibility index (Phi) is 6.31. The van der Waals surface area contributed by atoms with E-state index in [0.29, 0.717) is 34.0 Å². The molecule has 32 heavy (non-hydrogen) atoms. The molecule has 0 bridgehead atoms. The molecule has 2 heterocycles. The predicted octanol–water partition coefficient (Wildman–Crippen LogP) is 1.63. The first-order valence-corrected chi connectivity index (χ1v) is 11.2. The number of hydrogen-bond acceptors (Lipinski definition) is 6. The highest BCUT2D eigenvalue weighted by atomic mass is 32.2. The molecule has 0 saturated carbocycles. The Bertz CT molecular complexity index is 1270. The summed E-state index contributed by atoms with van der Waals surface area (Å²) in [5.41, 5.74) is 0.0653. The van der Waals surface area contributed by atoms with E-state index in [2.05, 4.69) is 10.3 Å². The number of methoxy groups -OCH3 is 1. The second kappa shape index (κ2) is 9.31. The molecule has 1 aliphatic rings. The lowest BCUT2D eigenvalue weighted by atomic mass is 10.2. The van der Waals surface area contributed by atoms with Crippen molar-refractivity contribution >= 4 is 40.2 Å². The Labute approximate surface area is 187 Å². The molecule has 2 N–H and O–H groups in total. The number of aryl methyl sites for hydroxylation is 1. The van der Waals surface area contributed by atoms with Crippen molar-refractivity contribution in [2.45, 2.75) is 19.0 Å². The monoisotopic (exact) mass is 454 g/mol. The summed E-state index contributed by atoms with van der Waals surface area (Å²) in [5, 5.41) is 3.22. The lowest BCUT2D eigenvalue weighted by Gasteiger charge is -2.23. The first-order chi connectivity index (χ1) is 15.5. The molecule has 9 nitrogen and oxygen atoms in total. The van der Waals surface area contributed by atoms with Crippen LogP contribution in [0.25, 0.3) is 10.9 Å². The van der Waals surface area contributed by atoms with Crippen LogP contribution in [-0.4, -0.2) is 51.0 Å². The summed E-state index contributed by atoms with van der Waals surface area (Å²) in [6, 6.07) is 13.1. The SMILES string of the molecule is COc1ccc(NC(=O)C2CSCN2C(=O)CCn2c(=O)[nH]c(=O)c3ccccc32)cc1. The lowest BCUT2D eigenvalue weighted by Crippen LogP contribution is -2.45. The maximum absolute atomic E-state index is 12.9. The number of thioether (sulfide) groups is 1. The molecular formula is C22H22N4O5S. The number of nitrogens with one attached hydrogen (secondary N) is 2. The fourth-order valence-corrected chi connectivity index (χ4v) is 4.80. The summed E-state index contributed by atoms with van der Waals surface area (Å²) in [6.45, 7) is 0.100. The van der Waals surface area contributed by atoms with Gasteiger partial charge in [0.1, 0.15) is 11.8 Å². The fraction of sp³-hybridized carbons (Fsp3) is 0.273. The van der Waals surface area contributed by atoms with Gasteiger partial charge in [0.25, 0.3) is 5.56 Å². The Morgan fingerprint density at radius 2 is 1.91 bits per heavy atom. The van der Waals surface area contributed by atoms with Crippen LogP contribution >= 0.6 is 11.8 Å². The largest absolute Gasteiger partial charge is 0.497 e. The van der Waals surface area contributed by atoms with Gasteiger partial charge in [0, 0.05) is 24.4 Å². The van der Waals surface area contributed by atoms with Gasteiger partial charge in [-0.3, -0.25) is 23.9 Å². The van der Waals surface area contributed by atoms with E-state index in [1.807, 2.05) is 0 Å². The van der Waals surface area contributed by atoms with Gasteiger partial charge in [-0.05, 0) is 36.4 Å². The van der Waals surface area contributed by atoms with Crippen LogP contribution in [0.15, 0.2) is 58.1 Å². The molecule has 1 unspecified atom stereocenters. The van der Waals surface area contributed by atoms with Gasteiger partial charge in [-0.25, -0.2) is 4.79 Å². The van der Waals surface area contributed by atoms with Crippen molar-refractivity contribution in [3.8, 4) is 5.75 Å². The number of fused-ring (bicyclic) bond motifs is 1. The molecule has 0 spiro atoms. The molecule has 1 atom stereocenters. The van der Waals surface area contributed by atoms with Gasteiger partial charge in [-0.2, -0.15) is 0 Å². The highest BCUT2D eigenvalue weighted by molar-refractivity contribution is 7.99. The van der Waals surface area contributed by atoms with Crippen LogP contribution in [0.2, 0.25) is 0 Å². The molecular weight excluding hydrogens is 432 g/mol. The minimum Gasteiger partial charge on any atom is -0.497 e. The first-order valence-electron chi connectivity index (χ1n) is 10.0. The predicted molar refractivity (Wildman–Crippen MR) is 123 cm³/mol. The van der Waals surface area contributed by atoms with Crippen LogP contribution in [0.3, 0.4) is 0 Å². The van der Waals surface area contributed by atoms with E-state index in [0.717, 1.165) is 0 Å². The van der Waals surface area contributed by atoms with Gasteiger partial charge in [0.05, 0.1) is 23.9 Å². The number of rotatable bonds is 6. The molecule has 10 heteroatoms. The topological polar surface area (TPSA) is 114 Å². The summed E-state index contributed by atoms with van der Waals surface area (Å²) in [7, 11) is 1.57. The highest BCUT2D eigenvalue weighted by Crippen LogP contribution is 2.24. The van der Waals surface area contributed by atoms with Gasteiger partial charge in [-0.15, -0.1) is 11.8 Å². The van der Waals surface area contributed by atoms with Crippen molar-refractivity contribution in [2.24, 2.45) is 0 Å². The summed E-state index contributed by atoms with van der Waals surface area (Å²) in [4.78, 5) is 53.8. The molecule has 0 aliphatic carbocycles. The molecule has 2 aromatic carbocycles. The third-order valence-electron chi connectivity index (χ3n) is 5.32. The first kappa shape index (κ1) is 21.7. The van der Waals surface area contributed by atoms with Crippen LogP contribution in [0, 0.1) is 0 Å². The summed E-state index contributed by atoms with van der Waals surface area (Å²) < 4.78 is 6.49. The van der Waals surface area contributed by atoms with Gasteiger partial charge in [0.2, 0.25) is 11.8 Å². The lowest BCUT2D eigenvalue weighted by molar-refractivity contribution is -0.136. The van der Waals surface area contributed by atoms with Gasteiger partial charge >= 0.3 is 5.69 Å². The van der Waals surface area contributed by atoms with Crippen molar-refractivity contribution < 1.29 is 14.3 Å². The zero-order chi connectivity index (χ0) is 22.7. The third-order valence-corrected chi connectivity index (χ3v) is 6.33. The van der Waals surface area contributed by atoms with Crippen LogP contribution in [0.5, 0.6) is 5.75 Å². The van der Waals surface area contributed by atoms with Crippen LogP contribution in [-0.2, 0) is 16.1 Å². The quantitative estimate of drug-likeness (QED) is 0.585. The molecule has 2 amide bonds. The number of carbonyl (C=O) groups excluding carboxylic acids is 2. The van der Waals surface area contributed by atoms with E-state index >= 15 is 0 Å². The third kappa shape index (κ3) is 4.40. The Morgan fingerprint density at radius 1 is 1.16 bits per heavy atom. The summed E-state index contributed by atoms with van der Waals surface area (Å²) in [6.07, 6.45) is 0.0306. The number of benzene rings is 2. The smallest absolute Gasteiger partial charge is 0.328 e. The Morgan fingerprint density at radius 3 is 2.66 bits per heavy atom. The van der Waals surface area contributed by atoms with Gasteiger partial charge in [-0.1, -0.05) is 12.1 Å². The van der Waals surface area contributed by atoms with Crippen LogP contribution < -0.4 is 21.3 Å². The zero-order valence-corrected chi connectivity index (χ0v) is 18.2. The number of H-pyrrole nitrogens is 1. The van der Waals surface area contributed by atoms with E-state index in [4.69, 9.17) is 4.74 Å². The molecule has 1 aliphatic heterocycles. The van der Waals surface area contributed by atoms with Crippen molar-refractivity contribution in [1.29, 1.82) is 0 Å². The number of aromatic amines is 1. The van der Waals surface area contributed by atoms with E-state index in [1.54, 1.807) is 55.6 Å². The average molecular weight is 455 g/mol. The van der Waals surface area contributed by atoms with E-state index in [-0.39, 0.29) is 24.8 Å². The molecule has 3 aromatic rings. The van der Waals surface area contributed by atoms with Crippen molar-refractivity contribution in [2.75, 3.05) is 24.1 Å². The number of aromatic nitrogens is 2. The molecule has 0 radical (unpaired) electrons. The van der Waals surface area contributed by atoms with E-state index < -0.39 is 17.3 Å². The number of anilines is 1. The van der Waals surface area contributed by atoms with E-state index in [9.17, 15) is 19.2 Å². The van der Waals surface area contributed by atoms with Crippen molar-refractivity contribution in [3.05, 3.63) is 69.4 Å². The minimum atomic E-state index is -0.598. The fourth-order valence-electron chi connectivity index (χ4n) is 3.62. The van der Waals surface area contributed by atoms with Crippen molar-refractivity contribution in [3.63, 3.8) is 0 Å². The number of hydrogen-bond donors (Lipinski definition) is 2. The number of carbonyl (C=O) groups is 2. The second-order valence-corrected chi connectivity index (χ2v) is 8.27. The zero-order valence-electron chi connectivity index (χ0n) is 17.4. The number of ether oxygens (including phenoxy) is 1. The summed E-state index contributed by atoms with van der Waals surface area (Å²) in [5.74, 6) is 1.09. The molecule has 4 rings (SSSR count). The second-order valence-electron chi connectivity index (χ2n) is 7.28. The Hall–Kier alpha value is -3.53. The minimum absolute atomic E-state index is 0.0306. The van der Waals surface area contributed by atoms with Crippen LogP contribution in [0.1, 0.15) is 6.42 Å². The number of para-hydroxylation sites is 1. The average Bonchev–Trinajstić information content (AvgIpc) is 3.30. The standard InChI is InChI=1S/C22H22N4O5S/c1-31-15-8-6-14(7-9-15)23-21(29)18-12-32-13-26(18)19(27)10-11-25-17-5-3-2-4-16(17)20(28)24-22(25)30/h2-9,18H,10-13H2,1H3,(H,23,29)(H,24,28,30). The van der Waals surface area contributed by atoms with Crippen molar-refractivity contribution in [1.82, 2.24) is 14.5 Å². The number of amides is 2. The van der Waals surface area contributed by atoms with E-state index in [1.165, 1.54) is 21.2 Å². The number of nitrogens with zero attached hydrogens (tertiary/aromatic N) is 2. The molecule has 1 aromatic heterocycles. The van der Waals surface area contributed by atoms with Gasteiger partial charge < -0.3 is 15.0 Å². The maximum Gasteiger partial charge on any atom is 0.328 e. The highest BCUT2D eigenvalue weighted by Gasteiger charge is 2.34. The van der Waals surface area contributed by atoms with Crippen LogP contribution in [0.4, 0.5) is 5.69 Å². The molecule has 166 valence electrons. The Balaban J connectivity index is 1.45. The van der Waals surface area contributed by atoms with Gasteiger partial charge in [0.15, 0.2) is 0 Å². The summed E-state index contributed by atoms with van der Waals surface area (Å²) >= 11 is 1.50. The molecule has 1 saturated heterocycles. The normalized spacial score (nSPS) is 15.7. The molecule has 1 fully saturated rings.